The van der Waals surface area contributed by atoms with E-state index in [1.54, 1.807) is 0 Å². The van der Waals surface area contributed by atoms with Crippen LogP contribution in [0.2, 0.25) is 0 Å². The van der Waals surface area contributed by atoms with Crippen LogP contribution >= 0.6 is 0 Å². The second kappa shape index (κ2) is 4.43. The monoisotopic (exact) mass is 187 g/mol. The maximum atomic E-state index is 3.25. The second-order valence-corrected chi connectivity index (χ2v) is 3.96. The normalized spacial score (nSPS) is 20.9. The average Bonchev–Trinajstić information content (AvgIpc) is 2.68. The van der Waals surface area contributed by atoms with Crippen LogP contribution in [-0.4, -0.2) is 13.6 Å². The summed E-state index contributed by atoms with van der Waals surface area (Å²) in [6.07, 6.45) is 4.84. The van der Waals surface area contributed by atoms with Crippen molar-refractivity contribution in [3.63, 3.8) is 0 Å². The SMILES string of the molecule is CNCC1CC=C(c2ccccc2)C1. The van der Waals surface area contributed by atoms with Crippen molar-refractivity contribution >= 4 is 5.57 Å². The van der Waals surface area contributed by atoms with Gasteiger partial charge in [0.25, 0.3) is 0 Å². The zero-order valence-corrected chi connectivity index (χ0v) is 8.66. The van der Waals surface area contributed by atoms with Crippen LogP contribution in [0.4, 0.5) is 0 Å². The van der Waals surface area contributed by atoms with E-state index < -0.39 is 0 Å². The summed E-state index contributed by atoms with van der Waals surface area (Å²) >= 11 is 0. The lowest BCUT2D eigenvalue weighted by molar-refractivity contribution is 0.536. The van der Waals surface area contributed by atoms with Gasteiger partial charge in [0, 0.05) is 0 Å². The molecule has 0 bridgehead atoms. The Hall–Kier alpha value is -1.08. The van der Waals surface area contributed by atoms with Crippen molar-refractivity contribution in [1.29, 1.82) is 0 Å². The average molecular weight is 187 g/mol. The van der Waals surface area contributed by atoms with Gasteiger partial charge >= 0.3 is 0 Å². The first-order chi connectivity index (χ1) is 6.90. The minimum Gasteiger partial charge on any atom is -0.319 e. The van der Waals surface area contributed by atoms with E-state index in [4.69, 9.17) is 0 Å². The van der Waals surface area contributed by atoms with Crippen LogP contribution in [0.5, 0.6) is 0 Å². The molecule has 0 fully saturated rings. The molecule has 0 saturated carbocycles. The fraction of sp³-hybridized carbons (Fsp3) is 0.385. The Morgan fingerprint density at radius 3 is 2.79 bits per heavy atom. The predicted octanol–water partition coefficient (Wildman–Crippen LogP) is 2.70. The summed E-state index contributed by atoms with van der Waals surface area (Å²) in [7, 11) is 2.03. The Morgan fingerprint density at radius 2 is 2.07 bits per heavy atom. The van der Waals surface area contributed by atoms with Crippen LogP contribution in [0, 0.1) is 5.92 Å². The quantitative estimate of drug-likeness (QED) is 0.767. The molecule has 0 aromatic heterocycles. The third kappa shape index (κ3) is 2.05. The molecule has 0 radical (unpaired) electrons. The number of hydrogen-bond acceptors (Lipinski definition) is 1. The number of rotatable bonds is 3. The molecule has 0 saturated heterocycles. The van der Waals surface area contributed by atoms with E-state index in [-0.39, 0.29) is 0 Å². The minimum absolute atomic E-state index is 0.801. The van der Waals surface area contributed by atoms with Gasteiger partial charge in [-0.15, -0.1) is 0 Å². The molecule has 2 rings (SSSR count). The van der Waals surface area contributed by atoms with E-state index >= 15 is 0 Å². The standard InChI is InChI=1S/C13H17N/c1-14-10-11-7-8-13(9-11)12-5-3-2-4-6-12/h2-6,8,11,14H,7,9-10H2,1H3. The molecule has 14 heavy (non-hydrogen) atoms. The lowest BCUT2D eigenvalue weighted by Crippen LogP contribution is -2.16. The van der Waals surface area contributed by atoms with Crippen molar-refractivity contribution in [3.05, 3.63) is 42.0 Å². The van der Waals surface area contributed by atoms with Crippen LogP contribution in [-0.2, 0) is 0 Å². The molecule has 74 valence electrons. The highest BCUT2D eigenvalue weighted by Crippen LogP contribution is 2.31. The third-order valence-electron chi connectivity index (χ3n) is 2.84. The van der Waals surface area contributed by atoms with E-state index in [1.165, 1.54) is 24.0 Å². The lowest BCUT2D eigenvalue weighted by atomic mass is 10.0. The lowest BCUT2D eigenvalue weighted by Gasteiger charge is -2.08. The predicted molar refractivity (Wildman–Crippen MR) is 61.1 cm³/mol. The summed E-state index contributed by atoms with van der Waals surface area (Å²) in [6.45, 7) is 1.13. The van der Waals surface area contributed by atoms with E-state index in [0.29, 0.717) is 0 Å². The molecule has 1 nitrogen and oxygen atoms in total. The third-order valence-corrected chi connectivity index (χ3v) is 2.84. The van der Waals surface area contributed by atoms with E-state index in [0.717, 1.165) is 12.5 Å². The molecule has 0 spiro atoms. The number of benzene rings is 1. The van der Waals surface area contributed by atoms with Gasteiger partial charge in [0.2, 0.25) is 0 Å². The van der Waals surface area contributed by atoms with Crippen molar-refractivity contribution in [2.75, 3.05) is 13.6 Å². The molecule has 1 aromatic carbocycles. The Bertz CT molecular complexity index is 313. The molecule has 1 atom stereocenters. The smallest absolute Gasteiger partial charge is 0.00174 e. The maximum Gasteiger partial charge on any atom is -0.00174 e. The highest BCUT2D eigenvalue weighted by molar-refractivity contribution is 5.67. The highest BCUT2D eigenvalue weighted by Gasteiger charge is 2.16. The fourth-order valence-corrected chi connectivity index (χ4v) is 2.12. The first-order valence-corrected chi connectivity index (χ1v) is 5.29. The van der Waals surface area contributed by atoms with Gasteiger partial charge in [0.05, 0.1) is 0 Å². The van der Waals surface area contributed by atoms with E-state index in [2.05, 4.69) is 41.7 Å². The largest absolute Gasteiger partial charge is 0.319 e. The van der Waals surface area contributed by atoms with E-state index in [9.17, 15) is 0 Å². The maximum absolute atomic E-state index is 3.25. The topological polar surface area (TPSA) is 12.0 Å². The number of hydrogen-bond donors (Lipinski definition) is 1. The summed E-state index contributed by atoms with van der Waals surface area (Å²) in [6, 6.07) is 10.7. The summed E-state index contributed by atoms with van der Waals surface area (Å²) < 4.78 is 0. The summed E-state index contributed by atoms with van der Waals surface area (Å²) in [5.41, 5.74) is 2.91. The Morgan fingerprint density at radius 1 is 1.29 bits per heavy atom. The first-order valence-electron chi connectivity index (χ1n) is 5.29. The summed E-state index contributed by atoms with van der Waals surface area (Å²) in [4.78, 5) is 0. The van der Waals surface area contributed by atoms with Gasteiger partial charge in [-0.1, -0.05) is 36.4 Å². The molecule has 0 aliphatic heterocycles. The zero-order valence-electron chi connectivity index (χ0n) is 8.66. The first kappa shape index (κ1) is 9.47. The molecular formula is C13H17N. The second-order valence-electron chi connectivity index (χ2n) is 3.96. The van der Waals surface area contributed by atoms with Gasteiger partial charge in [-0.2, -0.15) is 0 Å². The zero-order chi connectivity index (χ0) is 9.80. The van der Waals surface area contributed by atoms with Crippen LogP contribution in [0.25, 0.3) is 5.57 Å². The van der Waals surface area contributed by atoms with E-state index in [1.807, 2.05) is 7.05 Å². The molecule has 1 unspecified atom stereocenters. The number of nitrogens with one attached hydrogen (secondary N) is 1. The Balaban J connectivity index is 2.02. The molecule has 1 aliphatic carbocycles. The summed E-state index contributed by atoms with van der Waals surface area (Å²) in [5.74, 6) is 0.801. The van der Waals surface area contributed by atoms with Gasteiger partial charge in [-0.05, 0) is 43.5 Å². The fourth-order valence-electron chi connectivity index (χ4n) is 2.12. The molecule has 0 amide bonds. The van der Waals surface area contributed by atoms with Gasteiger partial charge in [-0.25, -0.2) is 0 Å². The molecule has 1 N–H and O–H groups in total. The van der Waals surface area contributed by atoms with Crippen molar-refractivity contribution in [1.82, 2.24) is 5.32 Å². The molecule has 0 heterocycles. The molecule has 1 aliphatic rings. The van der Waals surface area contributed by atoms with Crippen molar-refractivity contribution in [3.8, 4) is 0 Å². The van der Waals surface area contributed by atoms with Crippen LogP contribution in [0.3, 0.4) is 0 Å². The van der Waals surface area contributed by atoms with Crippen LogP contribution < -0.4 is 5.32 Å². The number of allylic oxidation sites excluding steroid dienone is 2. The Kier molecular flexibility index (Phi) is 3.00. The van der Waals surface area contributed by atoms with Crippen LogP contribution in [0.15, 0.2) is 36.4 Å². The van der Waals surface area contributed by atoms with Gasteiger partial charge in [-0.3, -0.25) is 0 Å². The summed E-state index contributed by atoms with van der Waals surface area (Å²) in [5, 5.41) is 3.25. The van der Waals surface area contributed by atoms with Crippen LogP contribution in [0.1, 0.15) is 18.4 Å². The molecule has 1 aromatic rings. The Labute approximate surface area is 85.8 Å². The highest BCUT2D eigenvalue weighted by atomic mass is 14.8. The van der Waals surface area contributed by atoms with Gasteiger partial charge in [0.1, 0.15) is 0 Å². The van der Waals surface area contributed by atoms with Gasteiger partial charge in [0.15, 0.2) is 0 Å². The minimum atomic E-state index is 0.801. The van der Waals surface area contributed by atoms with Crippen molar-refractivity contribution < 1.29 is 0 Å². The van der Waals surface area contributed by atoms with Gasteiger partial charge < -0.3 is 5.32 Å². The van der Waals surface area contributed by atoms with Crippen molar-refractivity contribution in [2.45, 2.75) is 12.8 Å². The van der Waals surface area contributed by atoms with Crippen molar-refractivity contribution in [2.24, 2.45) is 5.92 Å². The molecular weight excluding hydrogens is 170 g/mol. The molecule has 1 heteroatoms.